The first-order valence-electron chi connectivity index (χ1n) is 5.67. The normalized spacial score (nSPS) is 10.3. The number of benzene rings is 1. The number of rotatable bonds is 5. The average Bonchev–Trinajstić information content (AvgIpc) is 2.85. The van der Waals surface area contributed by atoms with Gasteiger partial charge in [0.1, 0.15) is 0 Å². The van der Waals surface area contributed by atoms with Crippen LogP contribution in [0.4, 0.5) is 6.01 Å². The summed E-state index contributed by atoms with van der Waals surface area (Å²) in [5.41, 5.74) is 6.05. The van der Waals surface area contributed by atoms with Crippen LogP contribution in [-0.2, 0) is 0 Å². The van der Waals surface area contributed by atoms with Crippen LogP contribution < -0.4 is 19.9 Å². The fraction of sp³-hybridized carbons (Fsp3) is 0.333. The van der Waals surface area contributed by atoms with Gasteiger partial charge in [-0.15, -0.1) is 5.10 Å². The number of aromatic nitrogens is 2. The van der Waals surface area contributed by atoms with Crippen LogP contribution in [-0.4, -0.2) is 31.0 Å². The largest absolute Gasteiger partial charge is 0.493 e. The number of hydrogen-bond acceptors (Lipinski definition) is 7. The quantitative estimate of drug-likeness (QED) is 0.879. The van der Waals surface area contributed by atoms with Gasteiger partial charge in [-0.3, -0.25) is 0 Å². The van der Waals surface area contributed by atoms with Crippen LogP contribution in [0.3, 0.4) is 0 Å². The van der Waals surface area contributed by atoms with Crippen molar-refractivity contribution < 1.29 is 18.6 Å². The van der Waals surface area contributed by atoms with Crippen molar-refractivity contribution in [2.24, 2.45) is 0 Å². The molecule has 0 saturated carbocycles. The Kier molecular flexibility index (Phi) is 3.74. The van der Waals surface area contributed by atoms with E-state index in [1.165, 1.54) is 0 Å². The van der Waals surface area contributed by atoms with Gasteiger partial charge in [-0.2, -0.15) is 0 Å². The minimum Gasteiger partial charge on any atom is -0.493 e. The predicted octanol–water partition coefficient (Wildman–Crippen LogP) is 1.73. The smallest absolute Gasteiger partial charge is 0.313 e. The van der Waals surface area contributed by atoms with Crippen LogP contribution in [0.2, 0.25) is 0 Å². The van der Waals surface area contributed by atoms with Crippen LogP contribution in [0, 0.1) is 0 Å². The van der Waals surface area contributed by atoms with Gasteiger partial charge in [0, 0.05) is 5.56 Å². The van der Waals surface area contributed by atoms with Gasteiger partial charge >= 0.3 is 6.01 Å². The molecule has 0 aliphatic carbocycles. The van der Waals surface area contributed by atoms with Crippen LogP contribution in [0.5, 0.6) is 17.2 Å². The topological polar surface area (TPSA) is 92.6 Å². The highest BCUT2D eigenvalue weighted by Crippen LogP contribution is 2.41. The van der Waals surface area contributed by atoms with Gasteiger partial charge in [-0.1, -0.05) is 5.10 Å². The van der Waals surface area contributed by atoms with E-state index < -0.39 is 0 Å². The number of nitrogen functional groups attached to an aromatic ring is 1. The fourth-order valence-electron chi connectivity index (χ4n) is 1.64. The summed E-state index contributed by atoms with van der Waals surface area (Å²) in [6.07, 6.45) is 0. The monoisotopic (exact) mass is 265 g/mol. The van der Waals surface area contributed by atoms with Gasteiger partial charge in [-0.25, -0.2) is 0 Å². The standard InChI is InChI=1S/C12H15N3O4/c1-4-18-10-8(16-2)5-7(6-9(10)17-3)11-14-15-12(13)19-11/h5-6H,4H2,1-3H3,(H2,13,15). The molecule has 0 fully saturated rings. The summed E-state index contributed by atoms with van der Waals surface area (Å²) in [7, 11) is 3.09. The lowest BCUT2D eigenvalue weighted by molar-refractivity contribution is 0.288. The van der Waals surface area contributed by atoms with E-state index in [2.05, 4.69) is 10.2 Å². The predicted molar refractivity (Wildman–Crippen MR) is 68.4 cm³/mol. The first-order valence-corrected chi connectivity index (χ1v) is 5.67. The average molecular weight is 265 g/mol. The molecular weight excluding hydrogens is 250 g/mol. The van der Waals surface area contributed by atoms with Gasteiger partial charge in [0.25, 0.3) is 0 Å². The molecule has 1 heterocycles. The molecule has 0 aliphatic heterocycles. The molecular formula is C12H15N3O4. The molecule has 19 heavy (non-hydrogen) atoms. The maximum Gasteiger partial charge on any atom is 0.313 e. The zero-order valence-electron chi connectivity index (χ0n) is 11.0. The molecule has 0 radical (unpaired) electrons. The van der Waals surface area contributed by atoms with E-state index in [9.17, 15) is 0 Å². The Balaban J connectivity index is 2.52. The Morgan fingerprint density at radius 1 is 1.16 bits per heavy atom. The Morgan fingerprint density at radius 3 is 2.21 bits per heavy atom. The first kappa shape index (κ1) is 13.0. The number of anilines is 1. The van der Waals surface area contributed by atoms with E-state index in [1.54, 1.807) is 26.4 Å². The highest BCUT2D eigenvalue weighted by atomic mass is 16.5. The van der Waals surface area contributed by atoms with Crippen LogP contribution in [0.25, 0.3) is 11.5 Å². The minimum atomic E-state index is 0.00168. The van der Waals surface area contributed by atoms with E-state index in [0.717, 1.165) is 0 Å². The van der Waals surface area contributed by atoms with Gasteiger partial charge in [0.15, 0.2) is 11.5 Å². The molecule has 2 N–H and O–H groups in total. The van der Waals surface area contributed by atoms with E-state index >= 15 is 0 Å². The first-order chi connectivity index (χ1) is 9.19. The number of hydrogen-bond donors (Lipinski definition) is 1. The molecule has 7 heteroatoms. The third-order valence-corrected chi connectivity index (χ3v) is 2.44. The zero-order valence-corrected chi connectivity index (χ0v) is 11.0. The molecule has 7 nitrogen and oxygen atoms in total. The molecule has 0 saturated heterocycles. The maximum absolute atomic E-state index is 5.50. The molecule has 102 valence electrons. The van der Waals surface area contributed by atoms with Crippen molar-refractivity contribution >= 4 is 6.01 Å². The van der Waals surface area contributed by atoms with Crippen molar-refractivity contribution in [3.05, 3.63) is 12.1 Å². The van der Waals surface area contributed by atoms with Crippen LogP contribution >= 0.6 is 0 Å². The Morgan fingerprint density at radius 2 is 1.79 bits per heavy atom. The second-order valence-corrected chi connectivity index (χ2v) is 3.59. The molecule has 0 unspecified atom stereocenters. The van der Waals surface area contributed by atoms with Crippen molar-refractivity contribution in [2.45, 2.75) is 6.92 Å². The second kappa shape index (κ2) is 5.47. The van der Waals surface area contributed by atoms with Crippen molar-refractivity contribution in [1.82, 2.24) is 10.2 Å². The summed E-state index contributed by atoms with van der Waals surface area (Å²) in [5.74, 6) is 1.86. The lowest BCUT2D eigenvalue weighted by Crippen LogP contribution is -1.99. The van der Waals surface area contributed by atoms with Crippen LogP contribution in [0.15, 0.2) is 16.5 Å². The maximum atomic E-state index is 5.50. The molecule has 0 amide bonds. The van der Waals surface area contributed by atoms with E-state index in [4.69, 9.17) is 24.4 Å². The summed E-state index contributed by atoms with van der Waals surface area (Å²) >= 11 is 0. The molecule has 0 aliphatic rings. The lowest BCUT2D eigenvalue weighted by Gasteiger charge is -2.14. The van der Waals surface area contributed by atoms with Gasteiger partial charge in [-0.05, 0) is 19.1 Å². The van der Waals surface area contributed by atoms with Crippen molar-refractivity contribution in [2.75, 3.05) is 26.6 Å². The highest BCUT2D eigenvalue weighted by molar-refractivity contribution is 5.65. The Hall–Kier alpha value is -2.44. The van der Waals surface area contributed by atoms with E-state index in [-0.39, 0.29) is 11.9 Å². The zero-order chi connectivity index (χ0) is 13.8. The molecule has 0 spiro atoms. The van der Waals surface area contributed by atoms with E-state index in [0.29, 0.717) is 29.4 Å². The summed E-state index contributed by atoms with van der Waals surface area (Å²) in [4.78, 5) is 0. The van der Waals surface area contributed by atoms with Crippen molar-refractivity contribution in [3.63, 3.8) is 0 Å². The van der Waals surface area contributed by atoms with Crippen molar-refractivity contribution in [3.8, 4) is 28.7 Å². The third-order valence-electron chi connectivity index (χ3n) is 2.44. The molecule has 0 atom stereocenters. The highest BCUT2D eigenvalue weighted by Gasteiger charge is 2.17. The molecule has 1 aromatic carbocycles. The number of nitrogens with two attached hydrogens (primary N) is 1. The number of methoxy groups -OCH3 is 2. The molecule has 2 rings (SSSR count). The number of ether oxygens (including phenoxy) is 3. The Labute approximate surface area is 110 Å². The summed E-state index contributed by atoms with van der Waals surface area (Å²) in [6.45, 7) is 2.38. The van der Waals surface area contributed by atoms with Gasteiger partial charge < -0.3 is 24.4 Å². The summed E-state index contributed by atoms with van der Waals surface area (Å²) in [6, 6.07) is 3.45. The molecule has 1 aromatic heterocycles. The van der Waals surface area contributed by atoms with Crippen LogP contribution in [0.1, 0.15) is 6.92 Å². The second-order valence-electron chi connectivity index (χ2n) is 3.59. The molecule has 2 aromatic rings. The summed E-state index contributed by atoms with van der Waals surface area (Å²) in [5, 5.41) is 7.43. The third kappa shape index (κ3) is 2.54. The minimum absolute atomic E-state index is 0.00168. The SMILES string of the molecule is CCOc1c(OC)cc(-c2nnc(N)o2)cc1OC. The number of nitrogens with zero attached hydrogens (tertiary/aromatic N) is 2. The fourth-order valence-corrected chi connectivity index (χ4v) is 1.64. The van der Waals surface area contributed by atoms with Crippen molar-refractivity contribution in [1.29, 1.82) is 0 Å². The molecule has 0 bridgehead atoms. The summed E-state index contributed by atoms with van der Waals surface area (Å²) < 4.78 is 21.2. The van der Waals surface area contributed by atoms with Gasteiger partial charge in [0.05, 0.1) is 20.8 Å². The lowest BCUT2D eigenvalue weighted by atomic mass is 10.2. The Bertz CT molecular complexity index is 543. The van der Waals surface area contributed by atoms with Gasteiger partial charge in [0.2, 0.25) is 11.6 Å². The van der Waals surface area contributed by atoms with E-state index in [1.807, 2.05) is 6.92 Å².